The predicted molar refractivity (Wildman–Crippen MR) is 109 cm³/mol. The van der Waals surface area contributed by atoms with E-state index in [0.29, 0.717) is 22.4 Å². The summed E-state index contributed by atoms with van der Waals surface area (Å²) in [6.45, 7) is 4.13. The largest absolute Gasteiger partial charge is 0.420 e. The minimum Gasteiger partial charge on any atom is -0.408 e. The third-order valence-electron chi connectivity index (χ3n) is 4.04. The van der Waals surface area contributed by atoms with Crippen molar-refractivity contribution in [2.24, 2.45) is 4.99 Å². The zero-order valence-corrected chi connectivity index (χ0v) is 16.5. The number of benzene rings is 2. The van der Waals surface area contributed by atoms with Gasteiger partial charge in [-0.05, 0) is 30.3 Å². The lowest BCUT2D eigenvalue weighted by molar-refractivity contribution is -0.118. The van der Waals surface area contributed by atoms with Crippen LogP contribution in [0, 0.1) is 0 Å². The minimum atomic E-state index is -0.570. The van der Waals surface area contributed by atoms with Crippen LogP contribution >= 0.6 is 27.3 Å². The molecule has 2 heterocycles. The summed E-state index contributed by atoms with van der Waals surface area (Å²) >= 11 is 4.87. The first-order valence-corrected chi connectivity index (χ1v) is 9.73. The van der Waals surface area contributed by atoms with Crippen LogP contribution in [0.1, 0.15) is 0 Å². The molecule has 8 heteroatoms. The molecule has 0 unspecified atom stereocenters. The number of thiazole rings is 1. The number of rotatable bonds is 4. The molecule has 0 aliphatic heterocycles. The van der Waals surface area contributed by atoms with Gasteiger partial charge in [-0.3, -0.25) is 9.36 Å². The molecule has 27 heavy (non-hydrogen) atoms. The molecule has 0 fully saturated rings. The maximum Gasteiger partial charge on any atom is 0.420 e. The van der Waals surface area contributed by atoms with Gasteiger partial charge in [0.25, 0.3) is 5.91 Å². The van der Waals surface area contributed by atoms with Gasteiger partial charge in [0.05, 0.1) is 15.7 Å². The summed E-state index contributed by atoms with van der Waals surface area (Å²) in [7, 11) is 0. The van der Waals surface area contributed by atoms with Crippen molar-refractivity contribution < 1.29 is 9.21 Å². The van der Waals surface area contributed by atoms with Crippen LogP contribution in [0.25, 0.3) is 21.3 Å². The van der Waals surface area contributed by atoms with Crippen LogP contribution in [-0.4, -0.2) is 15.0 Å². The van der Waals surface area contributed by atoms with Crippen molar-refractivity contribution in [2.45, 2.75) is 13.1 Å². The third kappa shape index (κ3) is 3.33. The number of hydrogen-bond acceptors (Lipinski definition) is 4. The van der Waals surface area contributed by atoms with Gasteiger partial charge in [-0.25, -0.2) is 4.79 Å². The summed E-state index contributed by atoms with van der Waals surface area (Å²) in [5, 5.41) is 0. The average Bonchev–Trinajstić information content (AvgIpc) is 3.13. The Bertz CT molecular complexity index is 1310. The van der Waals surface area contributed by atoms with E-state index in [1.54, 1.807) is 30.3 Å². The highest BCUT2D eigenvalue weighted by Gasteiger charge is 2.13. The Hall–Kier alpha value is -2.71. The molecule has 4 rings (SSSR count). The predicted octanol–water partition coefficient (Wildman–Crippen LogP) is 3.69. The Labute approximate surface area is 165 Å². The summed E-state index contributed by atoms with van der Waals surface area (Å²) < 4.78 is 10.3. The van der Waals surface area contributed by atoms with Crippen molar-refractivity contribution in [3.63, 3.8) is 0 Å². The van der Waals surface area contributed by atoms with Crippen LogP contribution in [0.5, 0.6) is 0 Å². The molecule has 0 radical (unpaired) electrons. The Kier molecular flexibility index (Phi) is 4.67. The van der Waals surface area contributed by atoms with Gasteiger partial charge in [0, 0.05) is 11.0 Å². The van der Waals surface area contributed by atoms with Gasteiger partial charge in [0.15, 0.2) is 10.4 Å². The first-order chi connectivity index (χ1) is 13.1. The molecule has 4 aromatic rings. The van der Waals surface area contributed by atoms with Crippen LogP contribution in [0.3, 0.4) is 0 Å². The fourth-order valence-corrected chi connectivity index (χ4v) is 4.49. The van der Waals surface area contributed by atoms with Gasteiger partial charge in [-0.1, -0.05) is 45.5 Å². The number of aromatic nitrogens is 2. The molecule has 0 aliphatic rings. The van der Waals surface area contributed by atoms with Crippen molar-refractivity contribution in [1.82, 2.24) is 9.13 Å². The zero-order valence-electron chi connectivity index (χ0n) is 14.1. The molecular formula is C19H14BrN3O3S. The normalized spacial score (nSPS) is 12.1. The highest BCUT2D eigenvalue weighted by molar-refractivity contribution is 9.10. The summed E-state index contributed by atoms with van der Waals surface area (Å²) in [5.74, 6) is -0.994. The molecule has 0 aliphatic carbocycles. The van der Waals surface area contributed by atoms with Crippen molar-refractivity contribution in [3.05, 3.63) is 74.9 Å². The molecule has 0 saturated heterocycles. The van der Waals surface area contributed by atoms with Gasteiger partial charge < -0.3 is 8.98 Å². The lowest BCUT2D eigenvalue weighted by Crippen LogP contribution is -2.22. The first-order valence-electron chi connectivity index (χ1n) is 8.12. The molecule has 0 saturated carbocycles. The summed E-state index contributed by atoms with van der Waals surface area (Å²) in [5.41, 5.74) is 2.00. The van der Waals surface area contributed by atoms with E-state index < -0.39 is 11.7 Å². The van der Waals surface area contributed by atoms with Gasteiger partial charge in [-0.15, -0.1) is 6.58 Å². The number of carbonyl (C=O) groups excluding carboxylic acids is 1. The average molecular weight is 444 g/mol. The number of oxazole rings is 1. The lowest BCUT2D eigenvalue weighted by Gasteiger charge is -2.01. The van der Waals surface area contributed by atoms with Crippen molar-refractivity contribution in [3.8, 4) is 0 Å². The van der Waals surface area contributed by atoms with E-state index in [2.05, 4.69) is 27.5 Å². The number of nitrogens with zero attached hydrogens (tertiary/aromatic N) is 3. The van der Waals surface area contributed by atoms with Gasteiger partial charge >= 0.3 is 5.76 Å². The lowest BCUT2D eigenvalue weighted by atomic mass is 10.3. The van der Waals surface area contributed by atoms with E-state index in [-0.39, 0.29) is 6.54 Å². The number of carbonyl (C=O) groups is 1. The molecule has 136 valence electrons. The van der Waals surface area contributed by atoms with E-state index in [9.17, 15) is 9.59 Å². The fraction of sp³-hybridized carbons (Fsp3) is 0.105. The number of allylic oxidation sites excluding steroid dienone is 1. The standard InChI is InChI=1S/C19H14BrN3O3S/c1-2-9-22-14-8-7-12(20)10-16(14)27-18(22)21-17(24)11-23-13-5-3-4-6-15(13)26-19(23)25/h2-8,10H,1,9,11H2. The van der Waals surface area contributed by atoms with Crippen LogP contribution in [0.4, 0.5) is 0 Å². The van der Waals surface area contributed by atoms with E-state index in [1.165, 1.54) is 15.9 Å². The Morgan fingerprint density at radius 1 is 1.22 bits per heavy atom. The molecule has 2 aromatic carbocycles. The smallest absolute Gasteiger partial charge is 0.408 e. The van der Waals surface area contributed by atoms with Crippen molar-refractivity contribution in [2.75, 3.05) is 0 Å². The first kappa shape index (κ1) is 17.7. The second-order valence-electron chi connectivity index (χ2n) is 5.82. The highest BCUT2D eigenvalue weighted by Crippen LogP contribution is 2.22. The maximum absolute atomic E-state index is 12.6. The Balaban J connectivity index is 1.77. The SMILES string of the molecule is C=CCn1c(=NC(=O)Cn2c(=O)oc3ccccc32)sc2cc(Br)ccc21. The maximum atomic E-state index is 12.6. The molecule has 0 bridgehead atoms. The quantitative estimate of drug-likeness (QED) is 0.451. The summed E-state index contributed by atoms with van der Waals surface area (Å²) in [6.07, 6.45) is 1.76. The number of hydrogen-bond donors (Lipinski definition) is 0. The minimum absolute atomic E-state index is 0.179. The van der Waals surface area contributed by atoms with Crippen molar-refractivity contribution in [1.29, 1.82) is 0 Å². The molecule has 2 aromatic heterocycles. The number of para-hydroxylation sites is 2. The second-order valence-corrected chi connectivity index (χ2v) is 7.75. The van der Waals surface area contributed by atoms with Crippen LogP contribution in [0.15, 0.2) is 73.8 Å². The molecule has 1 amide bonds. The molecule has 0 atom stereocenters. The van der Waals surface area contributed by atoms with Crippen LogP contribution in [0.2, 0.25) is 0 Å². The Morgan fingerprint density at radius 3 is 2.85 bits per heavy atom. The second kappa shape index (κ2) is 7.13. The van der Waals surface area contributed by atoms with Crippen LogP contribution < -0.4 is 10.6 Å². The monoisotopic (exact) mass is 443 g/mol. The van der Waals surface area contributed by atoms with E-state index in [0.717, 1.165) is 14.7 Å². The molecular weight excluding hydrogens is 430 g/mol. The summed E-state index contributed by atoms with van der Waals surface area (Å²) in [6, 6.07) is 12.9. The summed E-state index contributed by atoms with van der Waals surface area (Å²) in [4.78, 5) is 29.4. The van der Waals surface area contributed by atoms with E-state index in [4.69, 9.17) is 4.42 Å². The van der Waals surface area contributed by atoms with Crippen LogP contribution in [-0.2, 0) is 17.9 Å². The van der Waals surface area contributed by atoms with Gasteiger partial charge in [0.2, 0.25) is 0 Å². The third-order valence-corrected chi connectivity index (χ3v) is 5.58. The molecule has 0 spiro atoms. The van der Waals surface area contributed by atoms with Gasteiger partial charge in [0.1, 0.15) is 6.54 Å². The number of fused-ring (bicyclic) bond motifs is 2. The fourth-order valence-electron chi connectivity index (χ4n) is 2.88. The Morgan fingerprint density at radius 2 is 2.04 bits per heavy atom. The topological polar surface area (TPSA) is 69.5 Å². The zero-order chi connectivity index (χ0) is 19.0. The van der Waals surface area contributed by atoms with E-state index in [1.807, 2.05) is 22.8 Å². The molecule has 0 N–H and O–H groups in total. The van der Waals surface area contributed by atoms with E-state index >= 15 is 0 Å². The van der Waals surface area contributed by atoms with Crippen molar-refractivity contribution >= 4 is 54.5 Å². The number of halogens is 1. The molecule has 6 nitrogen and oxygen atoms in total. The highest BCUT2D eigenvalue weighted by atomic mass is 79.9. The number of amides is 1. The van der Waals surface area contributed by atoms with Gasteiger partial charge in [-0.2, -0.15) is 4.99 Å².